The van der Waals surface area contributed by atoms with E-state index < -0.39 is 0 Å². The average molecular weight is 480 g/mol. The number of carbonyl (C=O) groups excluding carboxylic acids is 2. The van der Waals surface area contributed by atoms with E-state index in [9.17, 15) is 9.59 Å². The highest BCUT2D eigenvalue weighted by atomic mass is 16.5. The molecular weight excluding hydrogens is 450 g/mol. The predicted octanol–water partition coefficient (Wildman–Crippen LogP) is 1.42. The van der Waals surface area contributed by atoms with Gasteiger partial charge in [0.15, 0.2) is 5.82 Å². The molecule has 11 heteroatoms. The summed E-state index contributed by atoms with van der Waals surface area (Å²) in [7, 11) is 1.73. The summed E-state index contributed by atoms with van der Waals surface area (Å²) in [6.07, 6.45) is 7.95. The number of ether oxygens (including phenoxy) is 2. The summed E-state index contributed by atoms with van der Waals surface area (Å²) in [6.45, 7) is 3.39. The largest absolute Gasteiger partial charge is 0.456 e. The van der Waals surface area contributed by atoms with E-state index >= 15 is 0 Å². The molecular formula is C24H29N7O4. The molecule has 6 rings (SSSR count). The summed E-state index contributed by atoms with van der Waals surface area (Å²) >= 11 is 0. The van der Waals surface area contributed by atoms with Crippen LogP contribution in [-0.2, 0) is 19.1 Å². The first-order valence-corrected chi connectivity index (χ1v) is 12.2. The Morgan fingerprint density at radius 3 is 2.63 bits per heavy atom. The molecule has 4 atom stereocenters. The van der Waals surface area contributed by atoms with Crippen LogP contribution in [0.4, 0.5) is 0 Å². The highest BCUT2D eigenvalue weighted by Gasteiger charge is 2.56. The SMILES string of the molecule is CO[C@@H](CN1[C@@H]2CC[C@H]1C[C@@]1(CCN(C3=C(C)C(=O)OC3)C1=O)C2)c1ccc(-n2cnnn2)nc1. The first-order valence-electron chi connectivity index (χ1n) is 12.2. The van der Waals surface area contributed by atoms with E-state index in [0.717, 1.165) is 49.9 Å². The van der Waals surface area contributed by atoms with E-state index in [1.807, 2.05) is 23.2 Å². The number of hydrogen-bond acceptors (Lipinski definition) is 9. The lowest BCUT2D eigenvalue weighted by Crippen LogP contribution is -2.51. The van der Waals surface area contributed by atoms with Crippen molar-refractivity contribution in [3.8, 4) is 5.82 Å². The molecule has 0 N–H and O–H groups in total. The highest BCUT2D eigenvalue weighted by Crippen LogP contribution is 2.52. The maximum absolute atomic E-state index is 13.6. The Labute approximate surface area is 203 Å². The fourth-order valence-corrected chi connectivity index (χ4v) is 6.44. The lowest BCUT2D eigenvalue weighted by molar-refractivity contribution is -0.140. The van der Waals surface area contributed by atoms with Gasteiger partial charge < -0.3 is 14.4 Å². The van der Waals surface area contributed by atoms with Crippen LogP contribution < -0.4 is 0 Å². The van der Waals surface area contributed by atoms with Gasteiger partial charge in [-0.05, 0) is 55.5 Å². The van der Waals surface area contributed by atoms with Crippen LogP contribution in [0.3, 0.4) is 0 Å². The molecule has 2 aromatic heterocycles. The fourth-order valence-electron chi connectivity index (χ4n) is 6.44. The molecule has 0 saturated carbocycles. The number of piperidine rings is 1. The van der Waals surface area contributed by atoms with Crippen LogP contribution in [0.25, 0.3) is 5.82 Å². The van der Waals surface area contributed by atoms with Crippen molar-refractivity contribution in [1.29, 1.82) is 0 Å². The molecule has 3 fully saturated rings. The normalized spacial score (nSPS) is 29.5. The minimum atomic E-state index is -0.334. The molecule has 2 bridgehead atoms. The molecule has 0 radical (unpaired) electrons. The number of tetrazole rings is 1. The second kappa shape index (κ2) is 8.49. The number of cyclic esters (lactones) is 1. The monoisotopic (exact) mass is 479 g/mol. The molecule has 6 heterocycles. The summed E-state index contributed by atoms with van der Waals surface area (Å²) < 4.78 is 12.6. The Kier molecular flexibility index (Phi) is 5.41. The van der Waals surface area contributed by atoms with Crippen molar-refractivity contribution in [3.05, 3.63) is 41.5 Å². The van der Waals surface area contributed by atoms with Gasteiger partial charge in [-0.15, -0.1) is 5.10 Å². The quantitative estimate of drug-likeness (QED) is 0.567. The third-order valence-electron chi connectivity index (χ3n) is 8.33. The lowest BCUT2D eigenvalue weighted by atomic mass is 9.73. The Morgan fingerprint density at radius 1 is 1.23 bits per heavy atom. The predicted molar refractivity (Wildman–Crippen MR) is 122 cm³/mol. The number of amides is 1. The van der Waals surface area contributed by atoms with E-state index in [0.29, 0.717) is 30.0 Å². The molecule has 0 aliphatic carbocycles. The molecule has 0 unspecified atom stereocenters. The minimum absolute atomic E-state index is 0.118. The van der Waals surface area contributed by atoms with E-state index in [1.165, 1.54) is 11.0 Å². The van der Waals surface area contributed by atoms with Gasteiger partial charge in [0.1, 0.15) is 12.9 Å². The highest BCUT2D eigenvalue weighted by molar-refractivity contribution is 5.94. The number of hydrogen-bond donors (Lipinski definition) is 0. The maximum Gasteiger partial charge on any atom is 0.336 e. The van der Waals surface area contributed by atoms with Crippen LogP contribution >= 0.6 is 0 Å². The van der Waals surface area contributed by atoms with Gasteiger partial charge in [0.2, 0.25) is 5.91 Å². The first kappa shape index (κ1) is 22.3. The maximum atomic E-state index is 13.6. The molecule has 1 spiro atoms. The summed E-state index contributed by atoms with van der Waals surface area (Å²) in [4.78, 5) is 34.3. The molecule has 3 saturated heterocycles. The Hall–Kier alpha value is -3.18. The third-order valence-corrected chi connectivity index (χ3v) is 8.33. The van der Waals surface area contributed by atoms with Gasteiger partial charge >= 0.3 is 5.97 Å². The molecule has 11 nitrogen and oxygen atoms in total. The number of esters is 1. The van der Waals surface area contributed by atoms with Crippen LogP contribution in [0, 0.1) is 5.41 Å². The Bertz CT molecular complexity index is 1150. The van der Waals surface area contributed by atoms with Crippen molar-refractivity contribution < 1.29 is 19.1 Å². The zero-order chi connectivity index (χ0) is 24.2. The molecule has 4 aliphatic rings. The van der Waals surface area contributed by atoms with Crippen LogP contribution in [0.2, 0.25) is 0 Å². The average Bonchev–Trinajstić information content (AvgIpc) is 3.63. The van der Waals surface area contributed by atoms with E-state index in [4.69, 9.17) is 9.47 Å². The molecule has 0 aromatic carbocycles. The van der Waals surface area contributed by atoms with E-state index in [-0.39, 0.29) is 30.0 Å². The fraction of sp³-hybridized carbons (Fsp3) is 0.583. The van der Waals surface area contributed by atoms with Crippen molar-refractivity contribution in [3.63, 3.8) is 0 Å². The van der Waals surface area contributed by atoms with Crippen LogP contribution in [0.5, 0.6) is 0 Å². The number of methoxy groups -OCH3 is 1. The topological polar surface area (TPSA) is 116 Å². The minimum Gasteiger partial charge on any atom is -0.456 e. The third kappa shape index (κ3) is 3.64. The number of pyridine rings is 1. The number of carbonyl (C=O) groups is 2. The van der Waals surface area contributed by atoms with Gasteiger partial charge in [-0.25, -0.2) is 9.78 Å². The number of fused-ring (bicyclic) bond motifs is 2. The van der Waals surface area contributed by atoms with Gasteiger partial charge in [-0.1, -0.05) is 6.07 Å². The lowest BCUT2D eigenvalue weighted by Gasteiger charge is -2.44. The smallest absolute Gasteiger partial charge is 0.336 e. The Balaban J connectivity index is 1.16. The van der Waals surface area contributed by atoms with Gasteiger partial charge in [0.25, 0.3) is 0 Å². The van der Waals surface area contributed by atoms with Crippen LogP contribution in [-0.4, -0.2) is 85.8 Å². The van der Waals surface area contributed by atoms with Crippen molar-refractivity contribution in [2.75, 3.05) is 26.8 Å². The van der Waals surface area contributed by atoms with Gasteiger partial charge in [0, 0.05) is 44.0 Å². The molecule has 2 aromatic rings. The number of likely N-dealkylation sites (tertiary alicyclic amines) is 1. The molecule has 4 aliphatic heterocycles. The van der Waals surface area contributed by atoms with Gasteiger partial charge in [0.05, 0.1) is 22.8 Å². The van der Waals surface area contributed by atoms with E-state index in [1.54, 1.807) is 14.0 Å². The number of aromatic nitrogens is 5. The van der Waals surface area contributed by atoms with Crippen molar-refractivity contribution in [1.82, 2.24) is 35.0 Å². The zero-order valence-electron chi connectivity index (χ0n) is 20.0. The second-order valence-electron chi connectivity index (χ2n) is 10.1. The second-order valence-corrected chi connectivity index (χ2v) is 10.1. The van der Waals surface area contributed by atoms with Crippen molar-refractivity contribution >= 4 is 11.9 Å². The summed E-state index contributed by atoms with van der Waals surface area (Å²) in [5, 5.41) is 11.2. The molecule has 1 amide bonds. The van der Waals surface area contributed by atoms with Crippen molar-refractivity contribution in [2.45, 2.75) is 57.2 Å². The summed E-state index contributed by atoms with van der Waals surface area (Å²) in [5.41, 5.74) is 1.99. The molecule has 184 valence electrons. The van der Waals surface area contributed by atoms with Crippen LogP contribution in [0.15, 0.2) is 35.9 Å². The van der Waals surface area contributed by atoms with Crippen LogP contribution in [0.1, 0.15) is 50.7 Å². The summed E-state index contributed by atoms with van der Waals surface area (Å²) in [6, 6.07) is 4.59. The Morgan fingerprint density at radius 2 is 2.03 bits per heavy atom. The van der Waals surface area contributed by atoms with Crippen molar-refractivity contribution in [2.24, 2.45) is 5.41 Å². The number of nitrogens with zero attached hydrogens (tertiary/aromatic N) is 7. The van der Waals surface area contributed by atoms with E-state index in [2.05, 4.69) is 25.4 Å². The summed E-state index contributed by atoms with van der Waals surface area (Å²) in [5.74, 6) is 0.514. The number of rotatable bonds is 6. The van der Waals surface area contributed by atoms with Gasteiger partial charge in [-0.3, -0.25) is 9.69 Å². The first-order chi connectivity index (χ1) is 17.0. The standard InChI is InChI=1S/C24H29N7O4/c1-15-19(13-35-22(15)32)29-8-7-24(23(29)33)9-17-4-5-18(10-24)30(17)12-20(34-2)16-3-6-21(25-11-16)31-14-26-27-28-31/h3,6,11,14,17-18,20H,4-5,7-10,12-13H2,1-2H3/t17-,18+,20-,24-/m0/s1. The molecule has 35 heavy (non-hydrogen) atoms. The zero-order valence-corrected chi connectivity index (χ0v) is 20.0. The van der Waals surface area contributed by atoms with Gasteiger partial charge in [-0.2, -0.15) is 4.68 Å².